The zero-order valence-electron chi connectivity index (χ0n) is 16.6. The summed E-state index contributed by atoms with van der Waals surface area (Å²) in [5, 5.41) is 11.4. The second-order valence-electron chi connectivity index (χ2n) is 7.08. The minimum atomic E-state index is 0.503. The Morgan fingerprint density at radius 1 is 1.19 bits per heavy atom. The van der Waals surface area contributed by atoms with Crippen molar-refractivity contribution in [1.29, 1.82) is 0 Å². The highest BCUT2D eigenvalue weighted by atomic mass is 15.3. The predicted octanol–water partition coefficient (Wildman–Crippen LogP) is 2.80. The van der Waals surface area contributed by atoms with E-state index in [0.29, 0.717) is 12.6 Å². The van der Waals surface area contributed by atoms with Crippen LogP contribution in [0.5, 0.6) is 0 Å². The third-order valence-corrected chi connectivity index (χ3v) is 4.89. The number of guanidine groups is 1. The average Bonchev–Trinajstić information content (AvgIpc) is 3.18. The largest absolute Gasteiger partial charge is 0.357 e. The molecule has 0 atom stereocenters. The molecular weight excluding hydrogens is 336 g/mol. The Kier molecular flexibility index (Phi) is 7.27. The molecule has 2 aromatic rings. The standard InChI is InChI=1S/C21H32N6/c1-3-12-26-13-10-19(11-14-26)25-21(22-4-2)23-15-18-16-24-27(17-18)20-8-6-5-7-9-20/h5-9,16-17,19H,3-4,10-15H2,1-2H3,(H2,22,23,25). The van der Waals surface area contributed by atoms with Crippen LogP contribution < -0.4 is 10.6 Å². The summed E-state index contributed by atoms with van der Waals surface area (Å²) in [5.41, 5.74) is 2.17. The average molecular weight is 369 g/mol. The van der Waals surface area contributed by atoms with E-state index in [-0.39, 0.29) is 0 Å². The molecule has 2 heterocycles. The summed E-state index contributed by atoms with van der Waals surface area (Å²) in [7, 11) is 0. The lowest BCUT2D eigenvalue weighted by molar-refractivity contribution is 0.206. The van der Waals surface area contributed by atoms with Crippen molar-refractivity contribution in [1.82, 2.24) is 25.3 Å². The molecule has 2 N–H and O–H groups in total. The van der Waals surface area contributed by atoms with Crippen LogP contribution >= 0.6 is 0 Å². The van der Waals surface area contributed by atoms with Crippen molar-refractivity contribution in [3.8, 4) is 5.69 Å². The first-order valence-electron chi connectivity index (χ1n) is 10.1. The molecule has 27 heavy (non-hydrogen) atoms. The zero-order chi connectivity index (χ0) is 18.9. The fourth-order valence-corrected chi connectivity index (χ4v) is 3.46. The van der Waals surface area contributed by atoms with Gasteiger partial charge in [-0.15, -0.1) is 0 Å². The monoisotopic (exact) mass is 368 g/mol. The lowest BCUT2D eigenvalue weighted by atomic mass is 10.1. The highest BCUT2D eigenvalue weighted by molar-refractivity contribution is 5.80. The maximum absolute atomic E-state index is 4.77. The van der Waals surface area contributed by atoms with Gasteiger partial charge < -0.3 is 15.5 Å². The van der Waals surface area contributed by atoms with E-state index < -0.39 is 0 Å². The van der Waals surface area contributed by atoms with Crippen molar-refractivity contribution in [2.24, 2.45) is 4.99 Å². The topological polar surface area (TPSA) is 57.5 Å². The molecular formula is C21H32N6. The molecule has 0 bridgehead atoms. The first-order chi connectivity index (χ1) is 13.3. The number of hydrogen-bond donors (Lipinski definition) is 2. The Morgan fingerprint density at radius 3 is 2.67 bits per heavy atom. The highest BCUT2D eigenvalue weighted by Crippen LogP contribution is 2.11. The number of hydrogen-bond acceptors (Lipinski definition) is 3. The van der Waals surface area contributed by atoms with Gasteiger partial charge in [-0.05, 0) is 44.9 Å². The Hall–Kier alpha value is -2.34. The molecule has 0 saturated carbocycles. The number of para-hydroxylation sites is 1. The molecule has 0 radical (unpaired) electrons. The van der Waals surface area contributed by atoms with Crippen LogP contribution in [0.4, 0.5) is 0 Å². The minimum Gasteiger partial charge on any atom is -0.357 e. The number of piperidine rings is 1. The highest BCUT2D eigenvalue weighted by Gasteiger charge is 2.19. The molecule has 3 rings (SSSR count). The van der Waals surface area contributed by atoms with Gasteiger partial charge in [0, 0.05) is 37.4 Å². The molecule has 0 aliphatic carbocycles. The summed E-state index contributed by atoms with van der Waals surface area (Å²) < 4.78 is 1.90. The van der Waals surface area contributed by atoms with E-state index in [9.17, 15) is 0 Å². The number of nitrogens with one attached hydrogen (secondary N) is 2. The van der Waals surface area contributed by atoms with E-state index >= 15 is 0 Å². The lowest BCUT2D eigenvalue weighted by Gasteiger charge is -2.32. The molecule has 6 nitrogen and oxygen atoms in total. The van der Waals surface area contributed by atoms with Gasteiger partial charge >= 0.3 is 0 Å². The van der Waals surface area contributed by atoms with Crippen LogP contribution in [0, 0.1) is 0 Å². The quantitative estimate of drug-likeness (QED) is 0.583. The van der Waals surface area contributed by atoms with Crippen molar-refractivity contribution in [3.63, 3.8) is 0 Å². The summed E-state index contributed by atoms with van der Waals surface area (Å²) in [6, 6.07) is 10.7. The number of aromatic nitrogens is 2. The lowest BCUT2D eigenvalue weighted by Crippen LogP contribution is -2.48. The molecule has 1 aliphatic rings. The van der Waals surface area contributed by atoms with E-state index in [1.807, 2.05) is 35.3 Å². The Morgan fingerprint density at radius 2 is 1.96 bits per heavy atom. The second kappa shape index (κ2) is 10.1. The van der Waals surface area contributed by atoms with Crippen LogP contribution in [-0.2, 0) is 6.54 Å². The molecule has 0 amide bonds. The number of nitrogens with zero attached hydrogens (tertiary/aromatic N) is 4. The maximum Gasteiger partial charge on any atom is 0.191 e. The SMILES string of the molecule is CCCN1CCC(NC(=NCc2cnn(-c3ccccc3)c2)NCC)CC1. The molecule has 0 unspecified atom stereocenters. The Balaban J connectivity index is 1.56. The van der Waals surface area contributed by atoms with Gasteiger partial charge in [0.1, 0.15) is 0 Å². The van der Waals surface area contributed by atoms with E-state index in [1.54, 1.807) is 0 Å². The van der Waals surface area contributed by atoms with Gasteiger partial charge in [0.25, 0.3) is 0 Å². The first-order valence-corrected chi connectivity index (χ1v) is 10.1. The van der Waals surface area contributed by atoms with Gasteiger partial charge in [0.05, 0.1) is 18.4 Å². The van der Waals surface area contributed by atoms with Crippen LogP contribution in [0.15, 0.2) is 47.7 Å². The van der Waals surface area contributed by atoms with E-state index in [1.165, 1.54) is 38.9 Å². The van der Waals surface area contributed by atoms with Crippen LogP contribution in [0.1, 0.15) is 38.7 Å². The van der Waals surface area contributed by atoms with Crippen molar-refractivity contribution in [3.05, 3.63) is 48.3 Å². The molecule has 1 saturated heterocycles. The third kappa shape index (κ3) is 5.82. The van der Waals surface area contributed by atoms with Gasteiger partial charge in [0.2, 0.25) is 0 Å². The van der Waals surface area contributed by atoms with Crippen molar-refractivity contribution < 1.29 is 0 Å². The number of likely N-dealkylation sites (tertiary alicyclic amines) is 1. The fourth-order valence-electron chi connectivity index (χ4n) is 3.46. The summed E-state index contributed by atoms with van der Waals surface area (Å²) in [4.78, 5) is 7.32. The first kappa shape index (κ1) is 19.4. The van der Waals surface area contributed by atoms with Gasteiger partial charge in [-0.1, -0.05) is 25.1 Å². The molecule has 1 fully saturated rings. The molecule has 1 aliphatic heterocycles. The second-order valence-corrected chi connectivity index (χ2v) is 7.08. The Bertz CT molecular complexity index is 700. The van der Waals surface area contributed by atoms with Crippen molar-refractivity contribution in [2.75, 3.05) is 26.2 Å². The van der Waals surface area contributed by atoms with E-state index in [4.69, 9.17) is 4.99 Å². The van der Waals surface area contributed by atoms with Gasteiger partial charge in [-0.25, -0.2) is 9.67 Å². The van der Waals surface area contributed by atoms with E-state index in [2.05, 4.69) is 46.6 Å². The van der Waals surface area contributed by atoms with Crippen LogP contribution in [0.25, 0.3) is 5.69 Å². The van der Waals surface area contributed by atoms with Crippen LogP contribution in [0.3, 0.4) is 0 Å². The maximum atomic E-state index is 4.77. The van der Waals surface area contributed by atoms with Gasteiger partial charge in [-0.2, -0.15) is 5.10 Å². The normalized spacial score (nSPS) is 16.4. The summed E-state index contributed by atoms with van der Waals surface area (Å²) >= 11 is 0. The molecule has 1 aromatic carbocycles. The molecule has 146 valence electrons. The number of benzene rings is 1. The molecule has 1 aromatic heterocycles. The molecule has 6 heteroatoms. The predicted molar refractivity (Wildman–Crippen MR) is 111 cm³/mol. The zero-order valence-corrected chi connectivity index (χ0v) is 16.6. The Labute approximate surface area is 162 Å². The number of rotatable bonds is 7. The molecule has 0 spiro atoms. The van der Waals surface area contributed by atoms with Crippen molar-refractivity contribution >= 4 is 5.96 Å². The number of aliphatic imine (C=N–C) groups is 1. The minimum absolute atomic E-state index is 0.503. The third-order valence-electron chi connectivity index (χ3n) is 4.89. The fraction of sp³-hybridized carbons (Fsp3) is 0.524. The summed E-state index contributed by atoms with van der Waals surface area (Å²) in [5.74, 6) is 0.902. The smallest absolute Gasteiger partial charge is 0.191 e. The van der Waals surface area contributed by atoms with Gasteiger partial charge in [-0.3, -0.25) is 0 Å². The van der Waals surface area contributed by atoms with Crippen LogP contribution in [-0.4, -0.2) is 52.9 Å². The summed E-state index contributed by atoms with van der Waals surface area (Å²) in [6.45, 7) is 9.41. The van der Waals surface area contributed by atoms with Crippen molar-refractivity contribution in [2.45, 2.75) is 45.7 Å². The van der Waals surface area contributed by atoms with Crippen LogP contribution in [0.2, 0.25) is 0 Å². The van der Waals surface area contributed by atoms with Gasteiger partial charge in [0.15, 0.2) is 5.96 Å². The summed E-state index contributed by atoms with van der Waals surface area (Å²) in [6.07, 6.45) is 7.53. The van der Waals surface area contributed by atoms with E-state index in [0.717, 1.165) is 23.8 Å².